The van der Waals surface area contributed by atoms with Gasteiger partial charge in [0, 0.05) is 24.7 Å². The largest absolute Gasteiger partial charge is 0.271 e. The van der Waals surface area contributed by atoms with Gasteiger partial charge in [-0.25, -0.2) is 10.0 Å². The SMILES string of the molecule is CCCC1=CC(=O)N(N(CC)CC)C1=O. The van der Waals surface area contributed by atoms with Crippen LogP contribution in [0.1, 0.15) is 33.6 Å². The standard InChI is InChI=1S/C11H18N2O2/c1-4-7-9-8-10(14)13(11(9)15)12(5-2)6-3/h8H,4-7H2,1-3H3. The summed E-state index contributed by atoms with van der Waals surface area (Å²) in [6, 6.07) is 0. The lowest BCUT2D eigenvalue weighted by molar-refractivity contribution is -0.155. The molecule has 0 aliphatic carbocycles. The highest BCUT2D eigenvalue weighted by atomic mass is 16.2. The second-order valence-corrected chi connectivity index (χ2v) is 3.51. The second-order valence-electron chi connectivity index (χ2n) is 3.51. The number of carbonyl (C=O) groups excluding carboxylic acids is 2. The van der Waals surface area contributed by atoms with Gasteiger partial charge in [0.15, 0.2) is 0 Å². The molecule has 4 nitrogen and oxygen atoms in total. The second kappa shape index (κ2) is 5.07. The van der Waals surface area contributed by atoms with Crippen molar-refractivity contribution in [1.82, 2.24) is 10.0 Å². The molecule has 0 unspecified atom stereocenters. The number of amides is 2. The van der Waals surface area contributed by atoms with Gasteiger partial charge in [0.2, 0.25) is 0 Å². The third kappa shape index (κ3) is 2.26. The van der Waals surface area contributed by atoms with E-state index in [-0.39, 0.29) is 11.8 Å². The molecular weight excluding hydrogens is 192 g/mol. The first-order valence-corrected chi connectivity index (χ1v) is 5.49. The number of hydrazine groups is 1. The van der Waals surface area contributed by atoms with Crippen LogP contribution in [0.5, 0.6) is 0 Å². The van der Waals surface area contributed by atoms with Crippen molar-refractivity contribution in [2.45, 2.75) is 33.6 Å². The molecule has 0 N–H and O–H groups in total. The van der Waals surface area contributed by atoms with Crippen LogP contribution in [0.15, 0.2) is 11.6 Å². The maximum Gasteiger partial charge on any atom is 0.271 e. The van der Waals surface area contributed by atoms with Crippen molar-refractivity contribution in [3.05, 3.63) is 11.6 Å². The predicted octanol–water partition coefficient (Wildman–Crippen LogP) is 1.34. The number of nitrogens with zero attached hydrogens (tertiary/aromatic N) is 2. The van der Waals surface area contributed by atoms with Gasteiger partial charge in [0.1, 0.15) is 0 Å². The van der Waals surface area contributed by atoms with Gasteiger partial charge in [-0.2, -0.15) is 0 Å². The molecule has 15 heavy (non-hydrogen) atoms. The van der Waals surface area contributed by atoms with Gasteiger partial charge < -0.3 is 0 Å². The molecule has 1 aliphatic heterocycles. The Bertz CT molecular complexity index is 293. The molecule has 0 spiro atoms. The fourth-order valence-corrected chi connectivity index (χ4v) is 1.73. The average Bonchev–Trinajstić information content (AvgIpc) is 2.48. The summed E-state index contributed by atoms with van der Waals surface area (Å²) in [7, 11) is 0. The Kier molecular flexibility index (Phi) is 4.03. The van der Waals surface area contributed by atoms with E-state index in [9.17, 15) is 9.59 Å². The van der Waals surface area contributed by atoms with Crippen LogP contribution in [0.25, 0.3) is 0 Å². The van der Waals surface area contributed by atoms with Crippen LogP contribution < -0.4 is 0 Å². The van der Waals surface area contributed by atoms with Crippen molar-refractivity contribution >= 4 is 11.8 Å². The summed E-state index contributed by atoms with van der Waals surface area (Å²) in [6.07, 6.45) is 3.03. The van der Waals surface area contributed by atoms with E-state index in [0.717, 1.165) is 6.42 Å². The monoisotopic (exact) mass is 210 g/mol. The first-order chi connectivity index (χ1) is 7.15. The van der Waals surface area contributed by atoms with E-state index < -0.39 is 0 Å². The molecular formula is C11H18N2O2. The minimum absolute atomic E-state index is 0.148. The van der Waals surface area contributed by atoms with E-state index in [0.29, 0.717) is 25.1 Å². The Morgan fingerprint density at radius 2 is 1.80 bits per heavy atom. The molecule has 0 atom stereocenters. The smallest absolute Gasteiger partial charge is 0.268 e. The highest BCUT2D eigenvalue weighted by molar-refractivity contribution is 6.15. The molecule has 1 heterocycles. The zero-order valence-corrected chi connectivity index (χ0v) is 9.62. The molecule has 1 aliphatic rings. The van der Waals surface area contributed by atoms with Crippen LogP contribution in [-0.2, 0) is 9.59 Å². The Morgan fingerprint density at radius 1 is 1.20 bits per heavy atom. The zero-order valence-electron chi connectivity index (χ0n) is 9.62. The number of carbonyl (C=O) groups is 2. The molecule has 0 aromatic carbocycles. The minimum Gasteiger partial charge on any atom is -0.268 e. The Labute approximate surface area is 90.5 Å². The first kappa shape index (κ1) is 11.9. The van der Waals surface area contributed by atoms with Crippen LogP contribution in [0.2, 0.25) is 0 Å². The summed E-state index contributed by atoms with van der Waals surface area (Å²) in [6.45, 7) is 7.20. The lowest BCUT2D eigenvalue weighted by atomic mass is 10.1. The Hall–Kier alpha value is -1.16. The van der Waals surface area contributed by atoms with Gasteiger partial charge >= 0.3 is 0 Å². The summed E-state index contributed by atoms with van der Waals surface area (Å²) in [5, 5.41) is 3.01. The molecule has 84 valence electrons. The quantitative estimate of drug-likeness (QED) is 0.643. The zero-order chi connectivity index (χ0) is 11.4. The summed E-state index contributed by atoms with van der Waals surface area (Å²) in [5.41, 5.74) is 0.634. The lowest BCUT2D eigenvalue weighted by Gasteiger charge is -2.27. The third-order valence-electron chi connectivity index (χ3n) is 2.51. The van der Waals surface area contributed by atoms with Crippen molar-refractivity contribution in [3.63, 3.8) is 0 Å². The van der Waals surface area contributed by atoms with Crippen molar-refractivity contribution in [3.8, 4) is 0 Å². The molecule has 0 aromatic heterocycles. The molecule has 1 rings (SSSR count). The molecule has 4 heteroatoms. The third-order valence-corrected chi connectivity index (χ3v) is 2.51. The van der Waals surface area contributed by atoms with Gasteiger partial charge in [0.25, 0.3) is 11.8 Å². The minimum atomic E-state index is -0.202. The highest BCUT2D eigenvalue weighted by Crippen LogP contribution is 2.19. The van der Waals surface area contributed by atoms with Crippen LogP contribution in [0, 0.1) is 0 Å². The molecule has 0 saturated carbocycles. The van der Waals surface area contributed by atoms with Crippen molar-refractivity contribution in [2.24, 2.45) is 0 Å². The summed E-state index contributed by atoms with van der Waals surface area (Å²) in [5.74, 6) is -0.349. The normalized spacial score (nSPS) is 16.5. The van der Waals surface area contributed by atoms with E-state index in [1.165, 1.54) is 11.1 Å². The predicted molar refractivity (Wildman–Crippen MR) is 57.8 cm³/mol. The number of hydrogen-bond donors (Lipinski definition) is 0. The summed E-state index contributed by atoms with van der Waals surface area (Å²) < 4.78 is 0. The molecule has 0 radical (unpaired) electrons. The number of hydrogen-bond acceptors (Lipinski definition) is 3. The summed E-state index contributed by atoms with van der Waals surface area (Å²) >= 11 is 0. The Balaban J connectivity index is 2.80. The van der Waals surface area contributed by atoms with Gasteiger partial charge in [-0.05, 0) is 6.42 Å². The van der Waals surface area contributed by atoms with Crippen molar-refractivity contribution < 1.29 is 9.59 Å². The molecule has 2 amide bonds. The number of rotatable bonds is 5. The van der Waals surface area contributed by atoms with E-state index in [1.807, 2.05) is 20.8 Å². The van der Waals surface area contributed by atoms with Crippen molar-refractivity contribution in [1.29, 1.82) is 0 Å². The Morgan fingerprint density at radius 3 is 2.27 bits per heavy atom. The number of imide groups is 1. The molecule has 0 bridgehead atoms. The topological polar surface area (TPSA) is 40.6 Å². The van der Waals surface area contributed by atoms with Gasteiger partial charge in [-0.3, -0.25) is 9.59 Å². The molecule has 0 saturated heterocycles. The van der Waals surface area contributed by atoms with E-state index in [2.05, 4.69) is 0 Å². The van der Waals surface area contributed by atoms with Crippen LogP contribution in [0.3, 0.4) is 0 Å². The fraction of sp³-hybridized carbons (Fsp3) is 0.636. The maximum absolute atomic E-state index is 11.9. The maximum atomic E-state index is 11.9. The van der Waals surface area contributed by atoms with Gasteiger partial charge in [0.05, 0.1) is 0 Å². The van der Waals surface area contributed by atoms with Crippen LogP contribution in [0.4, 0.5) is 0 Å². The van der Waals surface area contributed by atoms with Crippen LogP contribution in [-0.4, -0.2) is 34.9 Å². The average molecular weight is 210 g/mol. The lowest BCUT2D eigenvalue weighted by Crippen LogP contribution is -2.46. The van der Waals surface area contributed by atoms with E-state index in [4.69, 9.17) is 0 Å². The van der Waals surface area contributed by atoms with Crippen LogP contribution >= 0.6 is 0 Å². The molecule has 0 aromatic rings. The van der Waals surface area contributed by atoms with E-state index in [1.54, 1.807) is 5.01 Å². The highest BCUT2D eigenvalue weighted by Gasteiger charge is 2.33. The van der Waals surface area contributed by atoms with Crippen molar-refractivity contribution in [2.75, 3.05) is 13.1 Å². The fourth-order valence-electron chi connectivity index (χ4n) is 1.73. The first-order valence-electron chi connectivity index (χ1n) is 5.49. The molecule has 0 fully saturated rings. The summed E-state index contributed by atoms with van der Waals surface area (Å²) in [4.78, 5) is 23.5. The van der Waals surface area contributed by atoms with Gasteiger partial charge in [-0.1, -0.05) is 27.2 Å². The van der Waals surface area contributed by atoms with E-state index >= 15 is 0 Å². The van der Waals surface area contributed by atoms with Gasteiger partial charge in [-0.15, -0.1) is 0 Å².